The normalized spacial score (nSPS) is 16.2. The largest absolute Gasteiger partial charge is 0.360 e. The Hall–Kier alpha value is -2.37. The minimum atomic E-state index is -4.25. The summed E-state index contributed by atoms with van der Waals surface area (Å²) in [6.45, 7) is 0. The molecule has 0 unspecified atom stereocenters. The fraction of sp³-hybridized carbons (Fsp3) is 0.375. The van der Waals surface area contributed by atoms with E-state index in [0.29, 0.717) is 5.69 Å². The molecule has 0 heterocycles. The zero-order valence-electron chi connectivity index (χ0n) is 13.0. The summed E-state index contributed by atoms with van der Waals surface area (Å²) < 4.78 is 30.8. The molecule has 0 atom stereocenters. The Labute approximate surface area is 141 Å². The molecule has 0 radical (unpaired) electrons. The number of benzene rings is 1. The van der Waals surface area contributed by atoms with E-state index in [0.717, 1.165) is 25.7 Å². The van der Waals surface area contributed by atoms with Crippen LogP contribution in [-0.2, 0) is 14.9 Å². The molecule has 128 valence electrons. The number of hydrogen-bond donors (Lipinski definition) is 3. The molecule has 8 heteroatoms. The summed E-state index contributed by atoms with van der Waals surface area (Å²) in [5.74, 6) is -0.425. The molecule has 0 aromatic heterocycles. The van der Waals surface area contributed by atoms with Gasteiger partial charge in [-0.2, -0.15) is 13.7 Å². The summed E-state index contributed by atoms with van der Waals surface area (Å²) in [5.41, 5.74) is 0.431. The van der Waals surface area contributed by atoms with Crippen LogP contribution in [0.25, 0.3) is 0 Å². The van der Waals surface area contributed by atoms with Gasteiger partial charge in [-0.1, -0.05) is 19.3 Å². The van der Waals surface area contributed by atoms with Gasteiger partial charge in [-0.15, -0.1) is 0 Å². The average molecular weight is 349 g/mol. The van der Waals surface area contributed by atoms with E-state index in [2.05, 4.69) is 10.6 Å². The number of nitriles is 1. The van der Waals surface area contributed by atoms with E-state index in [1.54, 1.807) is 0 Å². The second-order valence-electron chi connectivity index (χ2n) is 5.62. The summed E-state index contributed by atoms with van der Waals surface area (Å²) in [6, 6.07) is 7.25. The van der Waals surface area contributed by atoms with Crippen molar-refractivity contribution in [2.45, 2.75) is 43.0 Å². The Bertz CT molecular complexity index is 758. The third kappa shape index (κ3) is 5.08. The Morgan fingerprint density at radius 2 is 1.83 bits per heavy atom. The van der Waals surface area contributed by atoms with Gasteiger partial charge in [0.25, 0.3) is 16.0 Å². The molecule has 7 nitrogen and oxygen atoms in total. The summed E-state index contributed by atoms with van der Waals surface area (Å²) >= 11 is 0. The van der Waals surface area contributed by atoms with Crippen LogP contribution >= 0.6 is 0 Å². The third-order valence-corrected chi connectivity index (χ3v) is 4.71. The maximum atomic E-state index is 12.1. The lowest BCUT2D eigenvalue weighted by atomic mass is 9.95. The SMILES string of the molecule is N#C/C(=C/Nc1ccc(S(=O)(=O)O)cc1)C(=O)NC1CCCCC1. The second-order valence-corrected chi connectivity index (χ2v) is 7.04. The van der Waals surface area contributed by atoms with Gasteiger partial charge in [-0.3, -0.25) is 9.35 Å². The van der Waals surface area contributed by atoms with Crippen molar-refractivity contribution < 1.29 is 17.8 Å². The molecular weight excluding hydrogens is 330 g/mol. The molecule has 1 aromatic carbocycles. The van der Waals surface area contributed by atoms with Gasteiger partial charge < -0.3 is 10.6 Å². The Balaban J connectivity index is 1.99. The van der Waals surface area contributed by atoms with Crippen molar-refractivity contribution in [2.24, 2.45) is 0 Å². The lowest BCUT2D eigenvalue weighted by Gasteiger charge is -2.22. The molecule has 1 amide bonds. The van der Waals surface area contributed by atoms with Crippen molar-refractivity contribution in [2.75, 3.05) is 5.32 Å². The average Bonchev–Trinajstić information content (AvgIpc) is 2.56. The van der Waals surface area contributed by atoms with Gasteiger partial charge in [0.1, 0.15) is 11.6 Å². The first kappa shape index (κ1) is 18.0. The van der Waals surface area contributed by atoms with E-state index >= 15 is 0 Å². The second kappa shape index (κ2) is 7.95. The van der Waals surface area contributed by atoms with E-state index in [4.69, 9.17) is 9.81 Å². The van der Waals surface area contributed by atoms with Crippen molar-refractivity contribution in [1.82, 2.24) is 5.32 Å². The quantitative estimate of drug-likeness (QED) is 0.426. The standard InChI is InChI=1S/C16H19N3O4S/c17-10-12(16(20)19-14-4-2-1-3-5-14)11-18-13-6-8-15(9-7-13)24(21,22)23/h6-9,11,14,18H,1-5H2,(H,19,20)(H,21,22,23)/b12-11-. The third-order valence-electron chi connectivity index (χ3n) is 3.84. The number of rotatable bonds is 5. The number of carbonyl (C=O) groups excluding carboxylic acids is 1. The molecule has 24 heavy (non-hydrogen) atoms. The van der Waals surface area contributed by atoms with Crippen LogP contribution in [0.4, 0.5) is 5.69 Å². The predicted molar refractivity (Wildman–Crippen MR) is 88.6 cm³/mol. The maximum absolute atomic E-state index is 12.1. The minimum Gasteiger partial charge on any atom is -0.360 e. The molecule has 1 aromatic rings. The van der Waals surface area contributed by atoms with Gasteiger partial charge in [0.2, 0.25) is 0 Å². The molecule has 1 fully saturated rings. The molecule has 0 spiro atoms. The van der Waals surface area contributed by atoms with Gasteiger partial charge in [0, 0.05) is 17.9 Å². The van der Waals surface area contributed by atoms with Crippen molar-refractivity contribution >= 4 is 21.7 Å². The summed E-state index contributed by atoms with van der Waals surface area (Å²) in [7, 11) is -4.25. The van der Waals surface area contributed by atoms with Crippen LogP contribution in [0, 0.1) is 11.3 Å². The van der Waals surface area contributed by atoms with Crippen molar-refractivity contribution in [3.8, 4) is 6.07 Å². The van der Waals surface area contributed by atoms with Crippen LogP contribution in [0.5, 0.6) is 0 Å². The van der Waals surface area contributed by atoms with E-state index < -0.39 is 16.0 Å². The molecule has 1 aliphatic rings. The van der Waals surface area contributed by atoms with Gasteiger partial charge in [0.05, 0.1) is 4.90 Å². The summed E-state index contributed by atoms with van der Waals surface area (Å²) in [4.78, 5) is 11.9. The number of amides is 1. The van der Waals surface area contributed by atoms with Crippen molar-refractivity contribution in [1.29, 1.82) is 5.26 Å². The van der Waals surface area contributed by atoms with Crippen LogP contribution in [0.15, 0.2) is 40.9 Å². The first-order chi connectivity index (χ1) is 11.4. The number of nitrogens with one attached hydrogen (secondary N) is 2. The van der Waals surface area contributed by atoms with Crippen LogP contribution in [0.1, 0.15) is 32.1 Å². The molecule has 1 saturated carbocycles. The van der Waals surface area contributed by atoms with Crippen molar-refractivity contribution in [3.63, 3.8) is 0 Å². The molecule has 2 rings (SSSR count). The predicted octanol–water partition coefficient (Wildman–Crippen LogP) is 2.20. The molecular formula is C16H19N3O4S. The fourth-order valence-corrected chi connectivity index (χ4v) is 3.02. The lowest BCUT2D eigenvalue weighted by molar-refractivity contribution is -0.118. The zero-order valence-corrected chi connectivity index (χ0v) is 13.8. The van der Waals surface area contributed by atoms with Gasteiger partial charge in [-0.05, 0) is 37.1 Å². The Kier molecular flexibility index (Phi) is 5.95. The highest BCUT2D eigenvalue weighted by Gasteiger charge is 2.18. The molecule has 0 bridgehead atoms. The van der Waals surface area contributed by atoms with Crippen molar-refractivity contribution in [3.05, 3.63) is 36.0 Å². The molecule has 1 aliphatic carbocycles. The number of carbonyl (C=O) groups is 1. The van der Waals surface area contributed by atoms with Crippen LogP contribution in [0.3, 0.4) is 0 Å². The van der Waals surface area contributed by atoms with E-state index in [9.17, 15) is 13.2 Å². The van der Waals surface area contributed by atoms with E-state index in [1.807, 2.05) is 6.07 Å². The Morgan fingerprint density at radius 3 is 2.38 bits per heavy atom. The highest BCUT2D eigenvalue weighted by molar-refractivity contribution is 7.85. The highest BCUT2D eigenvalue weighted by Crippen LogP contribution is 2.18. The number of hydrogen-bond acceptors (Lipinski definition) is 5. The minimum absolute atomic E-state index is 0.0561. The smallest absolute Gasteiger partial charge is 0.294 e. The maximum Gasteiger partial charge on any atom is 0.294 e. The van der Waals surface area contributed by atoms with E-state index in [1.165, 1.54) is 36.9 Å². The van der Waals surface area contributed by atoms with Crippen LogP contribution in [-0.4, -0.2) is 24.9 Å². The van der Waals surface area contributed by atoms with Gasteiger partial charge in [0.15, 0.2) is 0 Å². The zero-order chi connectivity index (χ0) is 17.6. The monoisotopic (exact) mass is 349 g/mol. The van der Waals surface area contributed by atoms with Gasteiger partial charge >= 0.3 is 0 Å². The first-order valence-corrected chi connectivity index (χ1v) is 9.09. The number of nitrogens with zero attached hydrogens (tertiary/aromatic N) is 1. The van der Waals surface area contributed by atoms with Crippen LogP contribution in [0.2, 0.25) is 0 Å². The topological polar surface area (TPSA) is 119 Å². The molecule has 3 N–H and O–H groups in total. The molecule has 0 aliphatic heterocycles. The fourth-order valence-electron chi connectivity index (χ4n) is 2.54. The summed E-state index contributed by atoms with van der Waals surface area (Å²) in [6.07, 6.45) is 6.46. The van der Waals surface area contributed by atoms with Crippen LogP contribution < -0.4 is 10.6 Å². The molecule has 0 saturated heterocycles. The lowest BCUT2D eigenvalue weighted by Crippen LogP contribution is -2.37. The Morgan fingerprint density at radius 1 is 1.21 bits per heavy atom. The first-order valence-electron chi connectivity index (χ1n) is 7.65. The van der Waals surface area contributed by atoms with E-state index in [-0.39, 0.29) is 16.5 Å². The van der Waals surface area contributed by atoms with Gasteiger partial charge in [-0.25, -0.2) is 0 Å². The number of anilines is 1. The summed E-state index contributed by atoms with van der Waals surface area (Å²) in [5, 5.41) is 14.7. The highest BCUT2D eigenvalue weighted by atomic mass is 32.2.